The summed E-state index contributed by atoms with van der Waals surface area (Å²) >= 11 is 0. The summed E-state index contributed by atoms with van der Waals surface area (Å²) in [5.74, 6) is 0.845. The van der Waals surface area contributed by atoms with Crippen molar-refractivity contribution in [2.24, 2.45) is 0 Å². The van der Waals surface area contributed by atoms with Crippen LogP contribution in [0.2, 0.25) is 0 Å². The molecule has 1 saturated heterocycles. The molecular formula is C15H24N2O2. The molecule has 1 aromatic rings. The number of aliphatic hydroxyl groups excluding tert-OH is 1. The first-order valence-electron chi connectivity index (χ1n) is 6.84. The highest BCUT2D eigenvalue weighted by Crippen LogP contribution is 2.25. The number of piperazine rings is 1. The van der Waals surface area contributed by atoms with Gasteiger partial charge in [0, 0.05) is 25.7 Å². The molecule has 0 spiro atoms. The SMILES string of the molecule is COc1cccc(C(CO)N2CCN(C)C(C)C2)c1. The Morgan fingerprint density at radius 2 is 2.21 bits per heavy atom. The van der Waals surface area contributed by atoms with E-state index in [1.54, 1.807) is 7.11 Å². The number of rotatable bonds is 4. The molecule has 1 aliphatic heterocycles. The maximum Gasteiger partial charge on any atom is 0.119 e. The molecule has 4 nitrogen and oxygen atoms in total. The minimum Gasteiger partial charge on any atom is -0.497 e. The van der Waals surface area contributed by atoms with Gasteiger partial charge >= 0.3 is 0 Å². The van der Waals surface area contributed by atoms with Gasteiger partial charge in [-0.05, 0) is 31.7 Å². The van der Waals surface area contributed by atoms with E-state index in [1.165, 1.54) is 0 Å². The van der Waals surface area contributed by atoms with Crippen LogP contribution in [0.15, 0.2) is 24.3 Å². The van der Waals surface area contributed by atoms with Crippen molar-refractivity contribution in [3.63, 3.8) is 0 Å². The standard InChI is InChI=1S/C15H24N2O2/c1-12-10-17(8-7-16(12)2)15(11-18)13-5-4-6-14(9-13)19-3/h4-6,9,12,15,18H,7-8,10-11H2,1-3H3. The van der Waals surface area contributed by atoms with Crippen molar-refractivity contribution in [1.82, 2.24) is 9.80 Å². The normalized spacial score (nSPS) is 23.3. The van der Waals surface area contributed by atoms with Gasteiger partial charge in [-0.2, -0.15) is 0 Å². The van der Waals surface area contributed by atoms with E-state index in [0.717, 1.165) is 30.9 Å². The molecule has 0 aliphatic carbocycles. The first-order valence-corrected chi connectivity index (χ1v) is 6.84. The number of hydrogen-bond acceptors (Lipinski definition) is 4. The molecule has 2 atom stereocenters. The molecule has 1 heterocycles. The third-order valence-corrected chi connectivity index (χ3v) is 4.08. The zero-order chi connectivity index (χ0) is 13.8. The Balaban J connectivity index is 2.15. The van der Waals surface area contributed by atoms with E-state index in [1.807, 2.05) is 18.2 Å². The van der Waals surface area contributed by atoms with Crippen LogP contribution in [0.1, 0.15) is 18.5 Å². The second kappa shape index (κ2) is 6.37. The first-order chi connectivity index (χ1) is 9.15. The number of hydrogen-bond donors (Lipinski definition) is 1. The second-order valence-electron chi connectivity index (χ2n) is 5.30. The molecule has 0 saturated carbocycles. The number of methoxy groups -OCH3 is 1. The summed E-state index contributed by atoms with van der Waals surface area (Å²) in [6, 6.07) is 8.58. The van der Waals surface area contributed by atoms with Gasteiger partial charge in [0.25, 0.3) is 0 Å². The summed E-state index contributed by atoms with van der Waals surface area (Å²) in [6.07, 6.45) is 0. The van der Waals surface area contributed by atoms with E-state index in [2.05, 4.69) is 29.8 Å². The van der Waals surface area contributed by atoms with Gasteiger partial charge < -0.3 is 14.7 Å². The lowest BCUT2D eigenvalue weighted by Gasteiger charge is -2.41. The minimum absolute atomic E-state index is 0.0613. The Bertz CT molecular complexity index is 411. The van der Waals surface area contributed by atoms with Crippen LogP contribution in [-0.2, 0) is 0 Å². The lowest BCUT2D eigenvalue weighted by atomic mass is 10.0. The van der Waals surface area contributed by atoms with Gasteiger partial charge in [-0.25, -0.2) is 0 Å². The van der Waals surface area contributed by atoms with Crippen molar-refractivity contribution in [1.29, 1.82) is 0 Å². The van der Waals surface area contributed by atoms with E-state index in [0.29, 0.717) is 6.04 Å². The van der Waals surface area contributed by atoms with Crippen molar-refractivity contribution in [2.75, 3.05) is 40.4 Å². The van der Waals surface area contributed by atoms with E-state index in [4.69, 9.17) is 4.74 Å². The molecule has 4 heteroatoms. The predicted molar refractivity (Wildman–Crippen MR) is 76.5 cm³/mol. The fraction of sp³-hybridized carbons (Fsp3) is 0.600. The molecular weight excluding hydrogens is 240 g/mol. The van der Waals surface area contributed by atoms with Gasteiger partial charge in [0.1, 0.15) is 5.75 Å². The van der Waals surface area contributed by atoms with Gasteiger partial charge in [-0.1, -0.05) is 12.1 Å². The Hall–Kier alpha value is -1.10. The summed E-state index contributed by atoms with van der Waals surface area (Å²) in [4.78, 5) is 4.72. The molecule has 2 unspecified atom stereocenters. The number of likely N-dealkylation sites (N-methyl/N-ethyl adjacent to an activating group) is 1. The average Bonchev–Trinajstić information content (AvgIpc) is 2.44. The first kappa shape index (κ1) is 14.3. The smallest absolute Gasteiger partial charge is 0.119 e. The minimum atomic E-state index is 0.0613. The molecule has 0 radical (unpaired) electrons. The van der Waals surface area contributed by atoms with Crippen LogP contribution in [0.4, 0.5) is 0 Å². The summed E-state index contributed by atoms with van der Waals surface area (Å²) in [6.45, 7) is 5.39. The van der Waals surface area contributed by atoms with E-state index in [-0.39, 0.29) is 12.6 Å². The number of benzene rings is 1. The molecule has 0 amide bonds. The molecule has 19 heavy (non-hydrogen) atoms. The quantitative estimate of drug-likeness (QED) is 0.891. The molecule has 106 valence electrons. The van der Waals surface area contributed by atoms with Gasteiger partial charge in [0.15, 0.2) is 0 Å². The van der Waals surface area contributed by atoms with Crippen LogP contribution in [0.25, 0.3) is 0 Å². The van der Waals surface area contributed by atoms with Crippen molar-refractivity contribution in [3.05, 3.63) is 29.8 Å². The van der Waals surface area contributed by atoms with Crippen LogP contribution < -0.4 is 4.74 Å². The molecule has 0 bridgehead atoms. The Morgan fingerprint density at radius 1 is 1.42 bits per heavy atom. The summed E-state index contributed by atoms with van der Waals surface area (Å²) in [5.41, 5.74) is 1.12. The van der Waals surface area contributed by atoms with Crippen molar-refractivity contribution in [3.8, 4) is 5.75 Å². The number of aliphatic hydroxyl groups is 1. The highest BCUT2D eigenvalue weighted by molar-refractivity contribution is 5.30. The molecule has 1 aromatic carbocycles. The lowest BCUT2D eigenvalue weighted by molar-refractivity contribution is 0.0463. The van der Waals surface area contributed by atoms with E-state index in [9.17, 15) is 5.11 Å². The van der Waals surface area contributed by atoms with Gasteiger partial charge in [0.2, 0.25) is 0 Å². The van der Waals surface area contributed by atoms with Gasteiger partial charge in [-0.3, -0.25) is 4.90 Å². The van der Waals surface area contributed by atoms with Crippen molar-refractivity contribution in [2.45, 2.75) is 19.0 Å². The largest absolute Gasteiger partial charge is 0.497 e. The van der Waals surface area contributed by atoms with Gasteiger partial charge in [0.05, 0.1) is 19.8 Å². The third kappa shape index (κ3) is 3.26. The van der Waals surface area contributed by atoms with Crippen LogP contribution in [-0.4, -0.2) is 61.3 Å². The van der Waals surface area contributed by atoms with Crippen molar-refractivity contribution < 1.29 is 9.84 Å². The second-order valence-corrected chi connectivity index (χ2v) is 5.30. The molecule has 1 aliphatic rings. The molecule has 0 aromatic heterocycles. The third-order valence-electron chi connectivity index (χ3n) is 4.08. The topological polar surface area (TPSA) is 35.9 Å². The van der Waals surface area contributed by atoms with Crippen molar-refractivity contribution >= 4 is 0 Å². The van der Waals surface area contributed by atoms with Crippen LogP contribution in [0.5, 0.6) is 5.75 Å². The zero-order valence-corrected chi connectivity index (χ0v) is 12.0. The van der Waals surface area contributed by atoms with Gasteiger partial charge in [-0.15, -0.1) is 0 Å². The molecule has 1 fully saturated rings. The van der Waals surface area contributed by atoms with Crippen LogP contribution >= 0.6 is 0 Å². The maximum absolute atomic E-state index is 9.75. The predicted octanol–water partition coefficient (Wildman–Crippen LogP) is 1.36. The highest BCUT2D eigenvalue weighted by atomic mass is 16.5. The molecule has 2 rings (SSSR count). The van der Waals surface area contributed by atoms with Crippen LogP contribution in [0, 0.1) is 0 Å². The highest BCUT2D eigenvalue weighted by Gasteiger charge is 2.27. The lowest BCUT2D eigenvalue weighted by Crippen LogP contribution is -2.51. The number of ether oxygens (including phenoxy) is 1. The number of nitrogens with zero attached hydrogens (tertiary/aromatic N) is 2. The van der Waals surface area contributed by atoms with Crippen LogP contribution in [0.3, 0.4) is 0 Å². The Kier molecular flexibility index (Phi) is 4.80. The molecule has 1 N–H and O–H groups in total. The monoisotopic (exact) mass is 264 g/mol. The summed E-state index contributed by atoms with van der Waals surface area (Å²) < 4.78 is 5.27. The summed E-state index contributed by atoms with van der Waals surface area (Å²) in [5, 5.41) is 9.75. The van der Waals surface area contributed by atoms with E-state index < -0.39 is 0 Å². The summed E-state index contributed by atoms with van der Waals surface area (Å²) in [7, 11) is 3.83. The fourth-order valence-corrected chi connectivity index (χ4v) is 2.64. The maximum atomic E-state index is 9.75. The Morgan fingerprint density at radius 3 is 2.84 bits per heavy atom. The van der Waals surface area contributed by atoms with E-state index >= 15 is 0 Å². The fourth-order valence-electron chi connectivity index (χ4n) is 2.64. The zero-order valence-electron chi connectivity index (χ0n) is 12.0. The Labute approximate surface area is 115 Å². The average molecular weight is 264 g/mol.